The molecule has 20 heavy (non-hydrogen) atoms. The first-order valence-corrected chi connectivity index (χ1v) is 8.62. The summed E-state index contributed by atoms with van der Waals surface area (Å²) in [6.45, 7) is 2.18. The van der Waals surface area contributed by atoms with E-state index in [1.165, 1.54) is 30.0 Å². The molecule has 1 fully saturated rings. The van der Waals surface area contributed by atoms with Crippen LogP contribution in [0.2, 0.25) is 0 Å². The average molecular weight is 296 g/mol. The maximum absolute atomic E-state index is 12.0. The summed E-state index contributed by atoms with van der Waals surface area (Å²) < 4.78 is 25.2. The zero-order chi connectivity index (χ0) is 14.8. The standard InChI is InChI=1S/C15H24N2O2S/c1-12(11-13-5-4-6-13)16-14-7-9-15(10-8-14)20(18,19)17(2)3/h7-10,12-13,16H,4-6,11H2,1-3H3. The number of nitrogens with zero attached hydrogens (tertiary/aromatic N) is 1. The molecule has 1 aromatic carbocycles. The summed E-state index contributed by atoms with van der Waals surface area (Å²) in [5.74, 6) is 0.867. The van der Waals surface area contributed by atoms with E-state index in [1.54, 1.807) is 26.2 Å². The van der Waals surface area contributed by atoms with Gasteiger partial charge in [-0.25, -0.2) is 12.7 Å². The zero-order valence-corrected chi connectivity index (χ0v) is 13.3. The van der Waals surface area contributed by atoms with Crippen molar-refractivity contribution in [3.8, 4) is 0 Å². The highest BCUT2D eigenvalue weighted by molar-refractivity contribution is 7.89. The van der Waals surface area contributed by atoms with Crippen LogP contribution >= 0.6 is 0 Å². The summed E-state index contributed by atoms with van der Waals surface area (Å²) in [6.07, 6.45) is 5.27. The smallest absolute Gasteiger partial charge is 0.242 e. The van der Waals surface area contributed by atoms with E-state index in [0.717, 1.165) is 11.6 Å². The van der Waals surface area contributed by atoms with Gasteiger partial charge in [-0.15, -0.1) is 0 Å². The quantitative estimate of drug-likeness (QED) is 0.878. The van der Waals surface area contributed by atoms with Gasteiger partial charge in [-0.1, -0.05) is 19.3 Å². The summed E-state index contributed by atoms with van der Waals surface area (Å²) in [6, 6.07) is 7.43. The van der Waals surface area contributed by atoms with Gasteiger partial charge in [0, 0.05) is 25.8 Å². The van der Waals surface area contributed by atoms with Gasteiger partial charge in [0.25, 0.3) is 0 Å². The Morgan fingerprint density at radius 1 is 1.25 bits per heavy atom. The van der Waals surface area contributed by atoms with Crippen molar-refractivity contribution in [2.45, 2.75) is 43.5 Å². The Bertz CT molecular complexity index is 533. The van der Waals surface area contributed by atoms with Crippen molar-refractivity contribution >= 4 is 15.7 Å². The van der Waals surface area contributed by atoms with Gasteiger partial charge in [0.15, 0.2) is 0 Å². The predicted molar refractivity (Wildman–Crippen MR) is 82.4 cm³/mol. The minimum absolute atomic E-state index is 0.333. The van der Waals surface area contributed by atoms with Gasteiger partial charge in [0.1, 0.15) is 0 Å². The van der Waals surface area contributed by atoms with E-state index in [1.807, 2.05) is 12.1 Å². The van der Waals surface area contributed by atoms with Crippen LogP contribution in [0, 0.1) is 5.92 Å². The molecule has 1 atom stereocenters. The van der Waals surface area contributed by atoms with Crippen LogP contribution in [0.4, 0.5) is 5.69 Å². The molecule has 0 aliphatic heterocycles. The molecule has 0 saturated heterocycles. The SMILES string of the molecule is CC(CC1CCC1)Nc1ccc(S(=O)(=O)N(C)C)cc1. The van der Waals surface area contributed by atoms with Crippen LogP contribution in [0.15, 0.2) is 29.2 Å². The Morgan fingerprint density at radius 2 is 1.85 bits per heavy atom. The largest absolute Gasteiger partial charge is 0.383 e. The van der Waals surface area contributed by atoms with E-state index in [2.05, 4.69) is 12.2 Å². The van der Waals surface area contributed by atoms with E-state index in [9.17, 15) is 8.42 Å². The molecule has 1 unspecified atom stereocenters. The number of nitrogens with one attached hydrogen (secondary N) is 1. The number of sulfonamides is 1. The second-order valence-electron chi connectivity index (χ2n) is 5.89. The number of hydrogen-bond donors (Lipinski definition) is 1. The molecular weight excluding hydrogens is 272 g/mol. The number of rotatable bonds is 6. The van der Waals surface area contributed by atoms with Crippen molar-refractivity contribution < 1.29 is 8.42 Å². The van der Waals surface area contributed by atoms with E-state index in [4.69, 9.17) is 0 Å². The van der Waals surface area contributed by atoms with E-state index in [-0.39, 0.29) is 0 Å². The fourth-order valence-corrected chi connectivity index (χ4v) is 3.41. The first kappa shape index (κ1) is 15.3. The summed E-state index contributed by atoms with van der Waals surface area (Å²) in [5.41, 5.74) is 0.981. The van der Waals surface area contributed by atoms with E-state index in [0.29, 0.717) is 10.9 Å². The lowest BCUT2D eigenvalue weighted by Crippen LogP contribution is -2.23. The second-order valence-corrected chi connectivity index (χ2v) is 8.04. The van der Waals surface area contributed by atoms with Crippen LogP contribution in [0.5, 0.6) is 0 Å². The summed E-state index contributed by atoms with van der Waals surface area (Å²) in [4.78, 5) is 0.333. The summed E-state index contributed by atoms with van der Waals surface area (Å²) in [5, 5.41) is 3.44. The molecular formula is C15H24N2O2S. The second kappa shape index (κ2) is 6.14. The first-order valence-electron chi connectivity index (χ1n) is 7.18. The minimum atomic E-state index is -3.33. The summed E-state index contributed by atoms with van der Waals surface area (Å²) in [7, 11) is -0.243. The van der Waals surface area contributed by atoms with Crippen LogP contribution < -0.4 is 5.32 Å². The molecule has 2 rings (SSSR count). The monoisotopic (exact) mass is 296 g/mol. The Morgan fingerprint density at radius 3 is 2.30 bits per heavy atom. The lowest BCUT2D eigenvalue weighted by atomic mass is 9.81. The van der Waals surface area contributed by atoms with Crippen LogP contribution in [-0.2, 0) is 10.0 Å². The van der Waals surface area contributed by atoms with E-state index >= 15 is 0 Å². The fourth-order valence-electron chi connectivity index (χ4n) is 2.51. The van der Waals surface area contributed by atoms with Crippen molar-refractivity contribution in [2.75, 3.05) is 19.4 Å². The fraction of sp³-hybridized carbons (Fsp3) is 0.600. The number of benzene rings is 1. The van der Waals surface area contributed by atoms with Gasteiger partial charge in [-0.3, -0.25) is 0 Å². The highest BCUT2D eigenvalue weighted by atomic mass is 32.2. The average Bonchev–Trinajstić information content (AvgIpc) is 2.34. The molecule has 1 aliphatic carbocycles. The molecule has 0 radical (unpaired) electrons. The maximum Gasteiger partial charge on any atom is 0.242 e. The molecule has 0 bridgehead atoms. The Hall–Kier alpha value is -1.07. The normalized spacial score (nSPS) is 17.8. The van der Waals surface area contributed by atoms with Gasteiger partial charge in [0.05, 0.1) is 4.90 Å². The third-order valence-electron chi connectivity index (χ3n) is 3.96. The van der Waals surface area contributed by atoms with Crippen molar-refractivity contribution in [1.82, 2.24) is 4.31 Å². The molecule has 0 aromatic heterocycles. The van der Waals surface area contributed by atoms with Gasteiger partial charge in [0.2, 0.25) is 10.0 Å². The zero-order valence-electron chi connectivity index (χ0n) is 12.5. The van der Waals surface area contributed by atoms with Crippen LogP contribution in [0.3, 0.4) is 0 Å². The molecule has 1 aromatic rings. The van der Waals surface area contributed by atoms with Crippen molar-refractivity contribution in [3.05, 3.63) is 24.3 Å². The van der Waals surface area contributed by atoms with Crippen molar-refractivity contribution in [3.63, 3.8) is 0 Å². The van der Waals surface area contributed by atoms with Crippen molar-refractivity contribution in [1.29, 1.82) is 0 Å². The lowest BCUT2D eigenvalue weighted by molar-refractivity contribution is 0.286. The molecule has 0 amide bonds. The van der Waals surface area contributed by atoms with E-state index < -0.39 is 10.0 Å². The molecule has 5 heteroatoms. The lowest BCUT2D eigenvalue weighted by Gasteiger charge is -2.29. The Labute approximate surface area is 122 Å². The molecule has 112 valence electrons. The highest BCUT2D eigenvalue weighted by Gasteiger charge is 2.20. The molecule has 1 saturated carbocycles. The molecule has 1 N–H and O–H groups in total. The minimum Gasteiger partial charge on any atom is -0.383 e. The predicted octanol–water partition coefficient (Wildman–Crippen LogP) is 2.93. The maximum atomic E-state index is 12.0. The summed E-state index contributed by atoms with van der Waals surface area (Å²) >= 11 is 0. The highest BCUT2D eigenvalue weighted by Crippen LogP contribution is 2.31. The van der Waals surface area contributed by atoms with Gasteiger partial charge in [-0.05, 0) is 43.5 Å². The molecule has 1 aliphatic rings. The number of hydrogen-bond acceptors (Lipinski definition) is 3. The van der Waals surface area contributed by atoms with Gasteiger partial charge >= 0.3 is 0 Å². The van der Waals surface area contributed by atoms with Crippen LogP contribution in [0.25, 0.3) is 0 Å². The molecule has 0 heterocycles. The van der Waals surface area contributed by atoms with Crippen LogP contribution in [-0.4, -0.2) is 32.9 Å². The van der Waals surface area contributed by atoms with Gasteiger partial charge in [-0.2, -0.15) is 0 Å². The third kappa shape index (κ3) is 3.52. The number of anilines is 1. The Kier molecular flexibility index (Phi) is 4.70. The Balaban J connectivity index is 1.97. The topological polar surface area (TPSA) is 49.4 Å². The molecule has 4 nitrogen and oxygen atoms in total. The van der Waals surface area contributed by atoms with Crippen LogP contribution in [0.1, 0.15) is 32.6 Å². The van der Waals surface area contributed by atoms with Crippen molar-refractivity contribution in [2.24, 2.45) is 5.92 Å². The van der Waals surface area contributed by atoms with Gasteiger partial charge < -0.3 is 5.32 Å². The molecule has 0 spiro atoms. The third-order valence-corrected chi connectivity index (χ3v) is 5.79. The first-order chi connectivity index (χ1) is 9.39.